The van der Waals surface area contributed by atoms with E-state index >= 15 is 0 Å². The fourth-order valence-corrected chi connectivity index (χ4v) is 4.04. The number of ether oxygens (including phenoxy) is 2. The summed E-state index contributed by atoms with van der Waals surface area (Å²) >= 11 is 1.59. The van der Waals surface area contributed by atoms with Crippen molar-refractivity contribution in [2.75, 3.05) is 7.11 Å². The van der Waals surface area contributed by atoms with Crippen LogP contribution in [0.1, 0.15) is 18.4 Å². The normalized spacial score (nSPS) is 15.6. The van der Waals surface area contributed by atoms with Gasteiger partial charge in [-0.3, -0.25) is 0 Å². The molecule has 0 saturated heterocycles. The van der Waals surface area contributed by atoms with E-state index in [9.17, 15) is 9.59 Å². The first-order valence-corrected chi connectivity index (χ1v) is 9.24. The molecule has 1 fully saturated rings. The smallest absolute Gasteiger partial charge is 0.408 e. The molecule has 2 aromatic carbocycles. The van der Waals surface area contributed by atoms with Crippen molar-refractivity contribution in [3.63, 3.8) is 0 Å². The van der Waals surface area contributed by atoms with Crippen LogP contribution >= 0.6 is 11.8 Å². The minimum Gasteiger partial charge on any atom is -0.467 e. The third kappa shape index (κ3) is 4.58. The standard InChI is InChI=1S/C20H21NO4S/c1-24-18(22)17(20(12-13-20)26-16-10-6-3-7-11-16)21-19(23)25-14-15-8-4-2-5-9-15/h2-11,17H,12-14H2,1H3,(H,21,23). The maximum atomic E-state index is 12.3. The Bertz CT molecular complexity index is 747. The van der Waals surface area contributed by atoms with Gasteiger partial charge < -0.3 is 14.8 Å². The molecule has 1 aliphatic carbocycles. The lowest BCUT2D eigenvalue weighted by molar-refractivity contribution is -0.143. The molecule has 1 saturated carbocycles. The largest absolute Gasteiger partial charge is 0.467 e. The molecule has 1 aliphatic rings. The zero-order valence-corrected chi connectivity index (χ0v) is 15.3. The second-order valence-electron chi connectivity index (χ2n) is 6.14. The molecule has 136 valence electrons. The third-order valence-electron chi connectivity index (χ3n) is 4.25. The van der Waals surface area contributed by atoms with Crippen molar-refractivity contribution in [1.29, 1.82) is 0 Å². The number of hydrogen-bond donors (Lipinski definition) is 1. The van der Waals surface area contributed by atoms with Crippen molar-refractivity contribution in [1.82, 2.24) is 5.32 Å². The Hall–Kier alpha value is -2.47. The third-order valence-corrected chi connectivity index (χ3v) is 5.80. The maximum Gasteiger partial charge on any atom is 0.408 e. The zero-order chi connectivity index (χ0) is 18.4. The molecule has 1 amide bonds. The number of rotatable bonds is 7. The summed E-state index contributed by atoms with van der Waals surface area (Å²) in [5, 5.41) is 2.70. The molecule has 0 heterocycles. The zero-order valence-electron chi connectivity index (χ0n) is 14.5. The summed E-state index contributed by atoms with van der Waals surface area (Å²) in [5.74, 6) is -0.456. The summed E-state index contributed by atoms with van der Waals surface area (Å²) in [5.41, 5.74) is 0.886. The number of carbonyl (C=O) groups excluding carboxylic acids is 2. The number of thioether (sulfide) groups is 1. The van der Waals surface area contributed by atoms with Gasteiger partial charge in [0.05, 0.1) is 11.9 Å². The van der Waals surface area contributed by atoms with Crippen molar-refractivity contribution in [3.8, 4) is 0 Å². The van der Waals surface area contributed by atoms with E-state index < -0.39 is 18.1 Å². The molecule has 0 aliphatic heterocycles. The van der Waals surface area contributed by atoms with Gasteiger partial charge in [0.1, 0.15) is 12.6 Å². The van der Waals surface area contributed by atoms with Gasteiger partial charge in [-0.05, 0) is 30.5 Å². The average Bonchev–Trinajstić information content (AvgIpc) is 3.45. The number of esters is 1. The molecule has 3 rings (SSSR count). The van der Waals surface area contributed by atoms with Crippen molar-refractivity contribution in [3.05, 3.63) is 66.2 Å². The number of methoxy groups -OCH3 is 1. The molecule has 0 bridgehead atoms. The molecule has 26 heavy (non-hydrogen) atoms. The summed E-state index contributed by atoms with van der Waals surface area (Å²) in [6.45, 7) is 0.152. The van der Waals surface area contributed by atoms with Gasteiger partial charge in [0.2, 0.25) is 0 Å². The van der Waals surface area contributed by atoms with Crippen LogP contribution in [0, 0.1) is 0 Å². The predicted octanol–water partition coefficient (Wildman–Crippen LogP) is 3.78. The fourth-order valence-electron chi connectivity index (χ4n) is 2.70. The molecule has 5 nitrogen and oxygen atoms in total. The minimum atomic E-state index is -0.749. The number of benzene rings is 2. The van der Waals surface area contributed by atoms with E-state index in [1.54, 1.807) is 11.8 Å². The van der Waals surface area contributed by atoms with Gasteiger partial charge in [0, 0.05) is 4.90 Å². The highest BCUT2D eigenvalue weighted by atomic mass is 32.2. The van der Waals surface area contributed by atoms with Crippen LogP contribution < -0.4 is 5.32 Å². The number of nitrogens with one attached hydrogen (secondary N) is 1. The van der Waals surface area contributed by atoms with E-state index in [0.717, 1.165) is 23.3 Å². The van der Waals surface area contributed by atoms with E-state index in [2.05, 4.69) is 5.32 Å². The molecule has 0 aromatic heterocycles. The Morgan fingerprint density at radius 2 is 1.69 bits per heavy atom. The summed E-state index contributed by atoms with van der Waals surface area (Å²) in [4.78, 5) is 25.6. The van der Waals surface area contributed by atoms with Gasteiger partial charge in [0.25, 0.3) is 0 Å². The van der Waals surface area contributed by atoms with E-state index in [0.29, 0.717) is 0 Å². The SMILES string of the molecule is COC(=O)C(NC(=O)OCc1ccccc1)C1(Sc2ccccc2)CC1. The quantitative estimate of drug-likeness (QED) is 0.751. The lowest BCUT2D eigenvalue weighted by Gasteiger charge is -2.25. The minimum absolute atomic E-state index is 0.152. The van der Waals surface area contributed by atoms with Crippen LogP contribution in [0.4, 0.5) is 4.79 Å². The number of alkyl carbamates (subject to hydrolysis) is 1. The highest BCUT2D eigenvalue weighted by Gasteiger charge is 2.55. The molecule has 0 radical (unpaired) electrons. The lowest BCUT2D eigenvalue weighted by atomic mass is 10.2. The maximum absolute atomic E-state index is 12.3. The monoisotopic (exact) mass is 371 g/mol. The van der Waals surface area contributed by atoms with Crippen LogP contribution in [0.5, 0.6) is 0 Å². The Morgan fingerprint density at radius 3 is 2.27 bits per heavy atom. The van der Waals surface area contributed by atoms with Crippen LogP contribution in [0.25, 0.3) is 0 Å². The van der Waals surface area contributed by atoms with Gasteiger partial charge in [0.15, 0.2) is 0 Å². The van der Waals surface area contributed by atoms with Gasteiger partial charge in [-0.15, -0.1) is 11.8 Å². The molecule has 1 atom stereocenters. The number of hydrogen-bond acceptors (Lipinski definition) is 5. The second-order valence-corrected chi connectivity index (χ2v) is 7.63. The highest BCUT2D eigenvalue weighted by molar-refractivity contribution is 8.01. The van der Waals surface area contributed by atoms with Crippen molar-refractivity contribution >= 4 is 23.8 Å². The molecule has 2 aromatic rings. The Balaban J connectivity index is 1.64. The van der Waals surface area contributed by atoms with Crippen molar-refractivity contribution in [2.45, 2.75) is 35.1 Å². The molecule has 6 heteroatoms. The average molecular weight is 371 g/mol. The Labute approximate surface area is 157 Å². The van der Waals surface area contributed by atoms with E-state index in [-0.39, 0.29) is 11.4 Å². The highest BCUT2D eigenvalue weighted by Crippen LogP contribution is 2.54. The first-order chi connectivity index (χ1) is 12.6. The van der Waals surface area contributed by atoms with Crippen LogP contribution in [0.3, 0.4) is 0 Å². The van der Waals surface area contributed by atoms with Gasteiger partial charge in [-0.2, -0.15) is 0 Å². The number of carbonyl (C=O) groups is 2. The van der Waals surface area contributed by atoms with Gasteiger partial charge in [-0.1, -0.05) is 48.5 Å². The van der Waals surface area contributed by atoms with Crippen LogP contribution in [-0.2, 0) is 20.9 Å². The Morgan fingerprint density at radius 1 is 1.08 bits per heavy atom. The van der Waals surface area contributed by atoms with Crippen LogP contribution in [0.15, 0.2) is 65.6 Å². The summed E-state index contributed by atoms with van der Waals surface area (Å²) in [7, 11) is 1.33. The van der Waals surface area contributed by atoms with Crippen LogP contribution in [-0.4, -0.2) is 30.0 Å². The predicted molar refractivity (Wildman–Crippen MR) is 99.8 cm³/mol. The lowest BCUT2D eigenvalue weighted by Crippen LogP contribution is -2.49. The van der Waals surface area contributed by atoms with Crippen molar-refractivity contribution < 1.29 is 19.1 Å². The first kappa shape index (κ1) is 18.3. The Kier molecular flexibility index (Phi) is 5.83. The molecule has 0 spiro atoms. The summed E-state index contributed by atoms with van der Waals surface area (Å²) in [6, 6.07) is 18.5. The summed E-state index contributed by atoms with van der Waals surface area (Å²) in [6.07, 6.45) is 1.03. The van der Waals surface area contributed by atoms with Crippen LogP contribution in [0.2, 0.25) is 0 Å². The molecular formula is C20H21NO4S. The van der Waals surface area contributed by atoms with Gasteiger partial charge in [-0.25, -0.2) is 9.59 Å². The van der Waals surface area contributed by atoms with E-state index in [1.165, 1.54) is 7.11 Å². The molecule has 1 unspecified atom stereocenters. The second kappa shape index (κ2) is 8.27. The van der Waals surface area contributed by atoms with Crippen molar-refractivity contribution in [2.24, 2.45) is 0 Å². The van der Waals surface area contributed by atoms with E-state index in [1.807, 2.05) is 60.7 Å². The number of amides is 1. The fraction of sp³-hybridized carbons (Fsp3) is 0.300. The van der Waals surface area contributed by atoms with Gasteiger partial charge >= 0.3 is 12.1 Å². The molecular weight excluding hydrogens is 350 g/mol. The summed E-state index contributed by atoms with van der Waals surface area (Å²) < 4.78 is 9.79. The first-order valence-electron chi connectivity index (χ1n) is 8.42. The topological polar surface area (TPSA) is 64.6 Å². The van der Waals surface area contributed by atoms with E-state index in [4.69, 9.17) is 9.47 Å². The molecule has 1 N–H and O–H groups in total.